The lowest BCUT2D eigenvalue weighted by Gasteiger charge is -2.27. The van der Waals surface area contributed by atoms with E-state index in [-0.39, 0.29) is 17.9 Å². The molecule has 0 unspecified atom stereocenters. The molecule has 0 radical (unpaired) electrons. The topological polar surface area (TPSA) is 52.9 Å². The Balaban J connectivity index is 4.04. The number of rotatable bonds is 4. The van der Waals surface area contributed by atoms with Crippen LogP contribution in [0.3, 0.4) is 0 Å². The van der Waals surface area contributed by atoms with E-state index in [1.165, 1.54) is 0 Å². The lowest BCUT2D eigenvalue weighted by Crippen LogP contribution is -2.44. The summed E-state index contributed by atoms with van der Waals surface area (Å²) in [5.74, 6) is -0.177. The van der Waals surface area contributed by atoms with Gasteiger partial charge >= 0.3 is 0 Å². The van der Waals surface area contributed by atoms with Crippen molar-refractivity contribution in [1.82, 2.24) is 5.32 Å². The number of carbonyl (C=O) groups is 1. The molecule has 12 heavy (non-hydrogen) atoms. The van der Waals surface area contributed by atoms with Gasteiger partial charge in [0.2, 0.25) is 5.91 Å². The number of hydrogen-bond donors (Lipinski definition) is 1. The molecular weight excluding hydrogens is 152 g/mol. The maximum Gasteiger partial charge on any atom is 0.234 e. The third-order valence-corrected chi connectivity index (χ3v) is 2.24. The lowest BCUT2D eigenvalue weighted by atomic mass is 9.95. The molecule has 3 heteroatoms. The van der Waals surface area contributed by atoms with Gasteiger partial charge in [-0.05, 0) is 19.8 Å². The van der Waals surface area contributed by atoms with Crippen LogP contribution in [-0.4, -0.2) is 11.4 Å². The molecule has 0 fully saturated rings. The average molecular weight is 168 g/mol. The van der Waals surface area contributed by atoms with Gasteiger partial charge in [-0.2, -0.15) is 5.26 Å². The van der Waals surface area contributed by atoms with E-state index in [4.69, 9.17) is 5.26 Å². The molecule has 0 bridgehead atoms. The quantitative estimate of drug-likeness (QED) is 0.693. The van der Waals surface area contributed by atoms with Gasteiger partial charge in [0.25, 0.3) is 0 Å². The molecule has 1 amide bonds. The number of amides is 1. The molecular formula is C9H16N2O. The van der Waals surface area contributed by atoms with Crippen LogP contribution in [0.15, 0.2) is 0 Å². The molecule has 0 aromatic rings. The van der Waals surface area contributed by atoms with Gasteiger partial charge in [0.05, 0.1) is 6.07 Å². The highest BCUT2D eigenvalue weighted by atomic mass is 16.1. The van der Waals surface area contributed by atoms with Crippen molar-refractivity contribution in [2.45, 2.75) is 45.6 Å². The maximum atomic E-state index is 11.0. The SMILES string of the molecule is CCC(C)(CC)NC(=O)CC#N. The lowest BCUT2D eigenvalue weighted by molar-refractivity contribution is -0.121. The zero-order chi connectivity index (χ0) is 9.61. The molecule has 0 aliphatic rings. The fourth-order valence-electron chi connectivity index (χ4n) is 0.879. The van der Waals surface area contributed by atoms with Gasteiger partial charge in [-0.1, -0.05) is 13.8 Å². The molecule has 0 heterocycles. The van der Waals surface area contributed by atoms with Crippen LogP contribution in [0.2, 0.25) is 0 Å². The van der Waals surface area contributed by atoms with Crippen LogP contribution in [0.5, 0.6) is 0 Å². The Morgan fingerprint density at radius 1 is 1.50 bits per heavy atom. The number of carbonyl (C=O) groups excluding carboxylic acids is 1. The summed E-state index contributed by atoms with van der Waals surface area (Å²) in [6.45, 7) is 6.04. The standard InChI is InChI=1S/C9H16N2O/c1-4-9(3,5-2)11-8(12)6-7-10/h4-6H2,1-3H3,(H,11,12). The highest BCUT2D eigenvalue weighted by Crippen LogP contribution is 2.13. The minimum Gasteiger partial charge on any atom is -0.350 e. The zero-order valence-electron chi connectivity index (χ0n) is 7.98. The molecule has 3 nitrogen and oxygen atoms in total. The molecule has 68 valence electrons. The van der Waals surface area contributed by atoms with E-state index in [0.717, 1.165) is 12.8 Å². The second-order valence-electron chi connectivity index (χ2n) is 3.15. The van der Waals surface area contributed by atoms with E-state index in [0.29, 0.717) is 0 Å². The molecule has 0 saturated heterocycles. The Morgan fingerprint density at radius 2 is 2.00 bits per heavy atom. The summed E-state index contributed by atoms with van der Waals surface area (Å²) in [5.41, 5.74) is -0.145. The van der Waals surface area contributed by atoms with Gasteiger partial charge in [-0.25, -0.2) is 0 Å². The van der Waals surface area contributed by atoms with Crippen LogP contribution in [-0.2, 0) is 4.79 Å². The molecule has 0 spiro atoms. The third-order valence-electron chi connectivity index (χ3n) is 2.24. The Bertz CT molecular complexity index is 189. The van der Waals surface area contributed by atoms with Crippen molar-refractivity contribution >= 4 is 5.91 Å². The van der Waals surface area contributed by atoms with Crippen molar-refractivity contribution in [3.8, 4) is 6.07 Å². The van der Waals surface area contributed by atoms with Crippen molar-refractivity contribution in [2.24, 2.45) is 0 Å². The second kappa shape index (κ2) is 4.76. The summed E-state index contributed by atoms with van der Waals surface area (Å²) >= 11 is 0. The summed E-state index contributed by atoms with van der Waals surface area (Å²) in [7, 11) is 0. The molecule has 0 atom stereocenters. The molecule has 0 aromatic carbocycles. The van der Waals surface area contributed by atoms with E-state index in [9.17, 15) is 4.79 Å². The fraction of sp³-hybridized carbons (Fsp3) is 0.778. The number of nitrogens with one attached hydrogen (secondary N) is 1. The van der Waals surface area contributed by atoms with Crippen molar-refractivity contribution in [3.05, 3.63) is 0 Å². The summed E-state index contributed by atoms with van der Waals surface area (Å²) in [5, 5.41) is 11.1. The predicted molar refractivity (Wildman–Crippen MR) is 47.4 cm³/mol. The Morgan fingerprint density at radius 3 is 2.33 bits per heavy atom. The van der Waals surface area contributed by atoms with Crippen molar-refractivity contribution in [1.29, 1.82) is 5.26 Å². The van der Waals surface area contributed by atoms with Gasteiger partial charge in [0, 0.05) is 5.54 Å². The minimum absolute atomic E-state index is 0.0460. The van der Waals surface area contributed by atoms with Crippen molar-refractivity contribution in [2.75, 3.05) is 0 Å². The summed E-state index contributed by atoms with van der Waals surface area (Å²) in [4.78, 5) is 11.0. The van der Waals surface area contributed by atoms with Crippen LogP contribution >= 0.6 is 0 Å². The monoisotopic (exact) mass is 168 g/mol. The highest BCUT2D eigenvalue weighted by molar-refractivity contribution is 5.78. The van der Waals surface area contributed by atoms with Crippen molar-refractivity contribution in [3.63, 3.8) is 0 Å². The molecule has 0 saturated carbocycles. The molecule has 0 aliphatic carbocycles. The Kier molecular flexibility index (Phi) is 4.35. The maximum absolute atomic E-state index is 11.0. The first-order valence-corrected chi connectivity index (χ1v) is 4.26. The summed E-state index contributed by atoms with van der Waals surface area (Å²) < 4.78 is 0. The van der Waals surface area contributed by atoms with Gasteiger partial charge in [-0.15, -0.1) is 0 Å². The highest BCUT2D eigenvalue weighted by Gasteiger charge is 2.21. The Labute approximate surface area is 73.8 Å². The second-order valence-corrected chi connectivity index (χ2v) is 3.15. The van der Waals surface area contributed by atoms with Gasteiger partial charge in [0.1, 0.15) is 6.42 Å². The molecule has 0 rings (SSSR count). The summed E-state index contributed by atoms with van der Waals surface area (Å²) in [6.07, 6.45) is 1.73. The normalized spacial score (nSPS) is 10.5. The minimum atomic E-state index is -0.177. The van der Waals surface area contributed by atoms with E-state index in [2.05, 4.69) is 5.32 Å². The van der Waals surface area contributed by atoms with Crippen molar-refractivity contribution < 1.29 is 4.79 Å². The average Bonchev–Trinajstić information content (AvgIpc) is 2.05. The van der Waals surface area contributed by atoms with Gasteiger partial charge in [0.15, 0.2) is 0 Å². The number of nitriles is 1. The van der Waals surface area contributed by atoms with Crippen LogP contribution < -0.4 is 5.32 Å². The van der Waals surface area contributed by atoms with Crippen LogP contribution in [0.1, 0.15) is 40.0 Å². The van der Waals surface area contributed by atoms with E-state index in [1.807, 2.05) is 26.8 Å². The van der Waals surface area contributed by atoms with E-state index >= 15 is 0 Å². The van der Waals surface area contributed by atoms with Crippen LogP contribution in [0.25, 0.3) is 0 Å². The van der Waals surface area contributed by atoms with E-state index in [1.54, 1.807) is 0 Å². The smallest absolute Gasteiger partial charge is 0.234 e. The number of hydrogen-bond acceptors (Lipinski definition) is 2. The first-order valence-electron chi connectivity index (χ1n) is 4.26. The number of nitrogens with zero attached hydrogens (tertiary/aromatic N) is 1. The zero-order valence-corrected chi connectivity index (χ0v) is 7.98. The fourth-order valence-corrected chi connectivity index (χ4v) is 0.879. The third kappa shape index (κ3) is 3.38. The largest absolute Gasteiger partial charge is 0.350 e. The van der Waals surface area contributed by atoms with E-state index < -0.39 is 0 Å². The van der Waals surface area contributed by atoms with Crippen LogP contribution in [0.4, 0.5) is 0 Å². The summed E-state index contributed by atoms with van der Waals surface area (Å²) in [6, 6.07) is 1.83. The molecule has 0 aromatic heterocycles. The predicted octanol–water partition coefficient (Wildman–Crippen LogP) is 1.59. The van der Waals surface area contributed by atoms with Gasteiger partial charge < -0.3 is 5.32 Å². The van der Waals surface area contributed by atoms with Crippen LogP contribution in [0, 0.1) is 11.3 Å². The Hall–Kier alpha value is -1.04. The molecule has 1 N–H and O–H groups in total. The first kappa shape index (κ1) is 11.0. The van der Waals surface area contributed by atoms with Gasteiger partial charge in [-0.3, -0.25) is 4.79 Å². The first-order chi connectivity index (χ1) is 5.58. The molecule has 0 aliphatic heterocycles.